The summed E-state index contributed by atoms with van der Waals surface area (Å²) in [6, 6.07) is 0. The Kier molecular flexibility index (Phi) is 3.07. The van der Waals surface area contributed by atoms with Crippen LogP contribution in [-0.4, -0.2) is 29.9 Å². The van der Waals surface area contributed by atoms with E-state index in [0.29, 0.717) is 16.2 Å². The molecule has 0 aromatic carbocycles. The van der Waals surface area contributed by atoms with Crippen molar-refractivity contribution in [3.8, 4) is 0 Å². The molecule has 0 bridgehead atoms. The van der Waals surface area contributed by atoms with E-state index in [4.69, 9.17) is 11.6 Å². The van der Waals surface area contributed by atoms with Gasteiger partial charge in [0, 0.05) is 19.6 Å². The minimum absolute atomic E-state index is 0.306. The molecule has 0 spiro atoms. The third kappa shape index (κ3) is 2.19. The molecule has 0 amide bonds. The molecule has 1 saturated carbocycles. The van der Waals surface area contributed by atoms with E-state index in [9.17, 15) is 0 Å². The molecule has 2 aliphatic rings. The van der Waals surface area contributed by atoms with Gasteiger partial charge in [-0.3, -0.25) is 0 Å². The quantitative estimate of drug-likeness (QED) is 0.670. The summed E-state index contributed by atoms with van der Waals surface area (Å²) in [7, 11) is 0. The van der Waals surface area contributed by atoms with Crippen molar-refractivity contribution in [1.29, 1.82) is 0 Å². The minimum atomic E-state index is 0.306. The van der Waals surface area contributed by atoms with Gasteiger partial charge in [-0.25, -0.2) is 0 Å². The normalized spacial score (nSPS) is 34.0. The van der Waals surface area contributed by atoms with Gasteiger partial charge in [-0.05, 0) is 30.1 Å². The smallest absolute Gasteiger partial charge is 0.0526 e. The fraction of sp³-hybridized carbons (Fsp3) is 1.00. The predicted molar refractivity (Wildman–Crippen MR) is 66.4 cm³/mol. The minimum Gasteiger partial charge on any atom is -0.301 e. The van der Waals surface area contributed by atoms with Crippen LogP contribution in [0.1, 0.15) is 46.5 Å². The van der Waals surface area contributed by atoms with E-state index in [1.807, 2.05) is 0 Å². The Balaban J connectivity index is 1.91. The average Bonchev–Trinajstić information content (AvgIpc) is 2.34. The molecule has 2 fully saturated rings. The number of hydrogen-bond acceptors (Lipinski definition) is 1. The molecule has 15 heavy (non-hydrogen) atoms. The number of likely N-dealkylation sites (tertiary alicyclic amines) is 1. The summed E-state index contributed by atoms with van der Waals surface area (Å²) in [6.45, 7) is 10.5. The molecule has 0 aromatic heterocycles. The molecule has 1 nitrogen and oxygen atoms in total. The summed E-state index contributed by atoms with van der Waals surface area (Å²) < 4.78 is 0. The Morgan fingerprint density at radius 2 is 2.00 bits per heavy atom. The second kappa shape index (κ2) is 3.92. The van der Waals surface area contributed by atoms with E-state index in [0.717, 1.165) is 6.54 Å². The molecule has 1 atom stereocenters. The lowest BCUT2D eigenvalue weighted by Gasteiger charge is -2.44. The Morgan fingerprint density at radius 3 is 2.33 bits per heavy atom. The van der Waals surface area contributed by atoms with E-state index in [1.165, 1.54) is 38.8 Å². The van der Waals surface area contributed by atoms with Crippen LogP contribution >= 0.6 is 11.6 Å². The van der Waals surface area contributed by atoms with Crippen molar-refractivity contribution in [3.05, 3.63) is 0 Å². The third-order valence-corrected chi connectivity index (χ3v) is 5.35. The number of nitrogens with zero attached hydrogens (tertiary/aromatic N) is 1. The highest BCUT2D eigenvalue weighted by Gasteiger charge is 2.43. The van der Waals surface area contributed by atoms with Gasteiger partial charge in [0.1, 0.15) is 0 Å². The number of rotatable bonds is 3. The van der Waals surface area contributed by atoms with Crippen LogP contribution in [-0.2, 0) is 0 Å². The van der Waals surface area contributed by atoms with E-state index in [2.05, 4.69) is 25.7 Å². The Hall–Kier alpha value is 0.250. The standard InChI is InChI=1S/C13H24ClN/c1-4-13(6-5-7-13)10-15-8-11(14)12(2,3)9-15/h11H,4-10H2,1-3H3. The summed E-state index contributed by atoms with van der Waals surface area (Å²) >= 11 is 6.39. The monoisotopic (exact) mass is 229 g/mol. The predicted octanol–water partition coefficient (Wildman–Crippen LogP) is 3.52. The molecular formula is C13H24ClN. The second-order valence-corrected chi connectivity index (χ2v) is 6.86. The SMILES string of the molecule is CCC1(CN2CC(Cl)C(C)(C)C2)CCC1. The molecular weight excluding hydrogens is 206 g/mol. The first-order valence-electron chi connectivity index (χ1n) is 6.34. The van der Waals surface area contributed by atoms with E-state index >= 15 is 0 Å². The zero-order chi connectivity index (χ0) is 11.1. The van der Waals surface area contributed by atoms with Crippen molar-refractivity contribution in [3.63, 3.8) is 0 Å². The van der Waals surface area contributed by atoms with Crippen molar-refractivity contribution < 1.29 is 0 Å². The molecule has 0 radical (unpaired) electrons. The topological polar surface area (TPSA) is 3.24 Å². The van der Waals surface area contributed by atoms with Crippen LogP contribution in [0.2, 0.25) is 0 Å². The molecule has 1 saturated heterocycles. The summed E-state index contributed by atoms with van der Waals surface area (Å²) in [4.78, 5) is 2.60. The van der Waals surface area contributed by atoms with Gasteiger partial charge in [0.2, 0.25) is 0 Å². The van der Waals surface area contributed by atoms with Gasteiger partial charge in [-0.2, -0.15) is 0 Å². The average molecular weight is 230 g/mol. The van der Waals surface area contributed by atoms with Crippen LogP contribution in [0.3, 0.4) is 0 Å². The Morgan fingerprint density at radius 1 is 1.33 bits per heavy atom. The maximum absolute atomic E-state index is 6.39. The van der Waals surface area contributed by atoms with Crippen LogP contribution in [0, 0.1) is 10.8 Å². The van der Waals surface area contributed by atoms with Gasteiger partial charge in [-0.15, -0.1) is 11.6 Å². The summed E-state index contributed by atoms with van der Waals surface area (Å²) in [6.07, 6.45) is 5.66. The molecule has 0 N–H and O–H groups in total. The van der Waals surface area contributed by atoms with Crippen LogP contribution in [0.25, 0.3) is 0 Å². The van der Waals surface area contributed by atoms with Gasteiger partial charge < -0.3 is 4.90 Å². The highest BCUT2D eigenvalue weighted by molar-refractivity contribution is 6.21. The molecule has 2 rings (SSSR count). The summed E-state index contributed by atoms with van der Waals surface area (Å²) in [5.41, 5.74) is 0.956. The van der Waals surface area contributed by atoms with Gasteiger partial charge in [0.15, 0.2) is 0 Å². The lowest BCUT2D eigenvalue weighted by molar-refractivity contribution is 0.0691. The van der Waals surface area contributed by atoms with Crippen LogP contribution in [0.15, 0.2) is 0 Å². The lowest BCUT2D eigenvalue weighted by Crippen LogP contribution is -2.41. The first-order valence-corrected chi connectivity index (χ1v) is 6.78. The molecule has 1 aliphatic heterocycles. The van der Waals surface area contributed by atoms with E-state index in [-0.39, 0.29) is 0 Å². The van der Waals surface area contributed by atoms with Crippen molar-refractivity contribution in [2.24, 2.45) is 10.8 Å². The lowest BCUT2D eigenvalue weighted by atomic mass is 9.67. The van der Waals surface area contributed by atoms with Crippen LogP contribution in [0.4, 0.5) is 0 Å². The zero-order valence-electron chi connectivity index (χ0n) is 10.4. The highest BCUT2D eigenvalue weighted by atomic mass is 35.5. The van der Waals surface area contributed by atoms with Crippen molar-refractivity contribution in [2.45, 2.75) is 51.8 Å². The fourth-order valence-electron chi connectivity index (χ4n) is 3.11. The largest absolute Gasteiger partial charge is 0.301 e. The van der Waals surface area contributed by atoms with E-state index < -0.39 is 0 Å². The fourth-order valence-corrected chi connectivity index (χ4v) is 3.37. The Labute approximate surface area is 99.2 Å². The molecule has 88 valence electrons. The van der Waals surface area contributed by atoms with Crippen molar-refractivity contribution in [1.82, 2.24) is 4.90 Å². The summed E-state index contributed by atoms with van der Waals surface area (Å²) in [5.74, 6) is 0. The highest BCUT2D eigenvalue weighted by Crippen LogP contribution is 2.46. The second-order valence-electron chi connectivity index (χ2n) is 6.33. The van der Waals surface area contributed by atoms with Gasteiger partial charge in [0.05, 0.1) is 5.38 Å². The molecule has 1 aliphatic carbocycles. The summed E-state index contributed by atoms with van der Waals surface area (Å²) in [5, 5.41) is 0.339. The number of halogens is 1. The van der Waals surface area contributed by atoms with Crippen molar-refractivity contribution >= 4 is 11.6 Å². The van der Waals surface area contributed by atoms with E-state index in [1.54, 1.807) is 0 Å². The van der Waals surface area contributed by atoms with Gasteiger partial charge in [0.25, 0.3) is 0 Å². The molecule has 1 heterocycles. The van der Waals surface area contributed by atoms with Crippen LogP contribution < -0.4 is 0 Å². The number of hydrogen-bond donors (Lipinski definition) is 0. The molecule has 2 heteroatoms. The van der Waals surface area contributed by atoms with Gasteiger partial charge in [-0.1, -0.05) is 27.2 Å². The molecule has 0 aromatic rings. The first-order chi connectivity index (χ1) is 6.97. The maximum atomic E-state index is 6.39. The van der Waals surface area contributed by atoms with Gasteiger partial charge >= 0.3 is 0 Å². The first kappa shape index (κ1) is 11.7. The van der Waals surface area contributed by atoms with Crippen molar-refractivity contribution in [2.75, 3.05) is 19.6 Å². The maximum Gasteiger partial charge on any atom is 0.0526 e. The zero-order valence-corrected chi connectivity index (χ0v) is 11.1. The Bertz CT molecular complexity index is 227. The third-order valence-electron chi connectivity index (χ3n) is 4.62. The molecule has 1 unspecified atom stereocenters. The van der Waals surface area contributed by atoms with Crippen LogP contribution in [0.5, 0.6) is 0 Å². The number of alkyl halides is 1.